The van der Waals surface area contributed by atoms with Gasteiger partial charge in [0, 0.05) is 0 Å². The van der Waals surface area contributed by atoms with Gasteiger partial charge in [0.2, 0.25) is 0 Å². The molecule has 4 aromatic rings. The van der Waals surface area contributed by atoms with Crippen molar-refractivity contribution in [1.82, 2.24) is 19.9 Å². The number of aliphatic hydroxyl groups is 1. The number of fused-ring (bicyclic) bond motifs is 2. The number of imidazole rings is 1. The molecule has 162 valence electrons. The molecular formula is C26H24IN4O-. The second-order valence-electron chi connectivity index (χ2n) is 8.42. The minimum absolute atomic E-state index is 0.140. The van der Waals surface area contributed by atoms with Crippen molar-refractivity contribution < 1.29 is 26.3 Å². The number of benzene rings is 2. The maximum absolute atomic E-state index is 9.87. The molecule has 0 spiro atoms. The van der Waals surface area contributed by atoms with Gasteiger partial charge in [0.25, 0.3) is 0 Å². The van der Waals surface area contributed by atoms with Crippen molar-refractivity contribution in [3.05, 3.63) is 76.3 Å². The Morgan fingerprint density at radius 1 is 1.00 bits per heavy atom. The van der Waals surface area contributed by atoms with Crippen LogP contribution in [0.3, 0.4) is 0 Å². The van der Waals surface area contributed by atoms with E-state index < -0.39 is 0 Å². The molecule has 1 unspecified atom stereocenters. The average Bonchev–Trinajstić information content (AvgIpc) is 3.21. The summed E-state index contributed by atoms with van der Waals surface area (Å²) in [5.41, 5.74) is 6.47. The Morgan fingerprint density at radius 2 is 1.81 bits per heavy atom. The van der Waals surface area contributed by atoms with Crippen LogP contribution in [0.25, 0.3) is 39.6 Å². The molecule has 1 atom stereocenters. The predicted octanol–water partition coefficient (Wildman–Crippen LogP) is 1.75. The van der Waals surface area contributed by atoms with Crippen molar-refractivity contribution in [2.45, 2.75) is 28.9 Å². The number of aromatic nitrogens is 3. The topological polar surface area (TPSA) is 63.0 Å². The number of nitrogens with zero attached hydrogens (tertiary/aromatic N) is 3. The van der Waals surface area contributed by atoms with Crippen molar-refractivity contribution in [3.8, 4) is 22.5 Å². The van der Waals surface area contributed by atoms with Gasteiger partial charge in [0.1, 0.15) is 0 Å². The van der Waals surface area contributed by atoms with Crippen molar-refractivity contribution in [3.63, 3.8) is 0 Å². The van der Waals surface area contributed by atoms with Gasteiger partial charge in [-0.1, -0.05) is 0 Å². The number of rotatable bonds is 4. The molecular weight excluding hydrogens is 511 g/mol. The third-order valence-corrected chi connectivity index (χ3v) is 9.06. The van der Waals surface area contributed by atoms with Crippen LogP contribution in [0.15, 0.2) is 64.7 Å². The fourth-order valence-electron chi connectivity index (χ4n) is 4.62. The fraction of sp³-hybridized carbons (Fsp3) is 0.231. The summed E-state index contributed by atoms with van der Waals surface area (Å²) in [6.45, 7) is 0. The number of alkyl halides is 1. The van der Waals surface area contributed by atoms with E-state index in [4.69, 9.17) is 9.97 Å². The van der Waals surface area contributed by atoms with Crippen LogP contribution in [-0.2, 0) is 0 Å². The summed E-state index contributed by atoms with van der Waals surface area (Å²) in [6.07, 6.45) is 3.59. The van der Waals surface area contributed by atoms with Crippen LogP contribution in [0.4, 0.5) is 0 Å². The standard InChI is InChI=1S/C26H24IN4O/c1-28-25-24-23(30-26(19-13-20(32)14-19)31(24)12-11-27-25)18-8-7-17-9-10-21(29-22(17)15-18)16-5-3-2-4-6-16/h2-12,15,19-20,25,28,32H,13-14H2,1H3/q-1. The molecule has 1 aliphatic heterocycles. The Kier molecular flexibility index (Phi) is 5.08. The van der Waals surface area contributed by atoms with Crippen LogP contribution in [-0.4, -0.2) is 32.8 Å². The number of hydrogen-bond donors (Lipinski definition) is 2. The SMILES string of the molecule is CNC1[I-]C=Cn2c(C3CC(O)C3)nc(-c3ccc4ccc(-c5ccccc5)nc4c3)c21. The maximum atomic E-state index is 9.87. The molecule has 2 aromatic heterocycles. The predicted molar refractivity (Wildman–Crippen MR) is 124 cm³/mol. The first-order valence-electron chi connectivity index (χ1n) is 10.9. The molecule has 0 bridgehead atoms. The normalized spacial score (nSPS) is 22.2. The van der Waals surface area contributed by atoms with E-state index in [1.807, 2.05) is 25.2 Å². The summed E-state index contributed by atoms with van der Waals surface area (Å²) in [5, 5.41) is 14.5. The third-order valence-electron chi connectivity index (χ3n) is 6.39. The zero-order chi connectivity index (χ0) is 21.7. The number of hydrogen-bond acceptors (Lipinski definition) is 4. The fourth-order valence-corrected chi connectivity index (χ4v) is 6.83. The van der Waals surface area contributed by atoms with Gasteiger partial charge in [0.05, 0.1) is 0 Å². The molecule has 2 aromatic carbocycles. The van der Waals surface area contributed by atoms with E-state index in [1.165, 1.54) is 5.69 Å². The van der Waals surface area contributed by atoms with Gasteiger partial charge in [-0.3, -0.25) is 0 Å². The van der Waals surface area contributed by atoms with Crippen molar-refractivity contribution in [2.24, 2.45) is 0 Å². The molecule has 6 heteroatoms. The molecule has 0 amide bonds. The molecule has 6 rings (SSSR count). The average molecular weight is 535 g/mol. The second-order valence-corrected chi connectivity index (χ2v) is 11.1. The van der Waals surface area contributed by atoms with Crippen molar-refractivity contribution in [2.75, 3.05) is 7.05 Å². The minimum atomic E-state index is -0.197. The molecule has 0 saturated heterocycles. The summed E-state index contributed by atoms with van der Waals surface area (Å²) in [4.78, 5) is 10.1. The Bertz CT molecular complexity index is 1320. The van der Waals surface area contributed by atoms with Gasteiger partial charge in [-0.15, -0.1) is 0 Å². The van der Waals surface area contributed by atoms with Gasteiger partial charge >= 0.3 is 198 Å². The molecule has 0 radical (unpaired) electrons. The molecule has 2 aliphatic rings. The van der Waals surface area contributed by atoms with Crippen LogP contribution < -0.4 is 26.5 Å². The first kappa shape index (κ1) is 20.1. The van der Waals surface area contributed by atoms with Crippen molar-refractivity contribution >= 4 is 17.1 Å². The van der Waals surface area contributed by atoms with Gasteiger partial charge in [-0.2, -0.15) is 0 Å². The summed E-state index contributed by atoms with van der Waals surface area (Å²) in [7, 11) is 2.03. The van der Waals surface area contributed by atoms with Crippen LogP contribution in [0.5, 0.6) is 0 Å². The second kappa shape index (κ2) is 8.10. The molecule has 1 saturated carbocycles. The monoisotopic (exact) mass is 535 g/mol. The van der Waals surface area contributed by atoms with E-state index in [0.717, 1.165) is 52.1 Å². The molecule has 2 N–H and O–H groups in total. The number of halogens is 1. The zero-order valence-corrected chi connectivity index (χ0v) is 19.9. The summed E-state index contributed by atoms with van der Waals surface area (Å²) in [5.74, 6) is 1.39. The van der Waals surface area contributed by atoms with E-state index in [2.05, 4.69) is 62.6 Å². The Morgan fingerprint density at radius 3 is 2.59 bits per heavy atom. The Labute approximate surface area is 197 Å². The van der Waals surface area contributed by atoms with Crippen LogP contribution >= 0.6 is 0 Å². The first-order chi connectivity index (χ1) is 15.7. The van der Waals surface area contributed by atoms with Gasteiger partial charge in [0.15, 0.2) is 0 Å². The number of pyridine rings is 1. The number of aliphatic hydroxyl groups excluding tert-OH is 1. The molecule has 5 nitrogen and oxygen atoms in total. The van der Waals surface area contributed by atoms with E-state index >= 15 is 0 Å². The number of nitrogens with one attached hydrogen (secondary N) is 1. The zero-order valence-electron chi connectivity index (χ0n) is 17.7. The van der Waals surface area contributed by atoms with E-state index in [9.17, 15) is 5.11 Å². The van der Waals surface area contributed by atoms with Crippen LogP contribution in [0.2, 0.25) is 0 Å². The summed E-state index contributed by atoms with van der Waals surface area (Å²) < 4.78 is 4.90. The summed E-state index contributed by atoms with van der Waals surface area (Å²) in [6, 6.07) is 21.0. The van der Waals surface area contributed by atoms with Gasteiger partial charge in [-0.05, 0) is 0 Å². The van der Waals surface area contributed by atoms with E-state index in [-0.39, 0.29) is 27.3 Å². The van der Waals surface area contributed by atoms with Gasteiger partial charge < -0.3 is 0 Å². The van der Waals surface area contributed by atoms with Crippen molar-refractivity contribution in [1.29, 1.82) is 0 Å². The first-order valence-corrected chi connectivity index (χ1v) is 13.4. The molecule has 1 fully saturated rings. The van der Waals surface area contributed by atoms with Gasteiger partial charge in [-0.25, -0.2) is 0 Å². The van der Waals surface area contributed by atoms with Crippen LogP contribution in [0, 0.1) is 0 Å². The molecule has 32 heavy (non-hydrogen) atoms. The molecule has 3 heterocycles. The van der Waals surface area contributed by atoms with E-state index in [1.54, 1.807) is 0 Å². The molecule has 1 aliphatic carbocycles. The Hall–Kier alpha value is -2.55. The van der Waals surface area contributed by atoms with Crippen LogP contribution in [0.1, 0.15) is 34.3 Å². The summed E-state index contributed by atoms with van der Waals surface area (Å²) >= 11 is -0.140. The quantitative estimate of drug-likeness (QED) is 0.238. The Balaban J connectivity index is 1.49. The van der Waals surface area contributed by atoms with E-state index in [0.29, 0.717) is 9.97 Å². The third kappa shape index (κ3) is 3.37.